The first kappa shape index (κ1) is 18.1. The standard InChI is InChI=1S/C18H29N5O2/c1-14-15(2)19-13-20-18(14)22-6-4-21(5-7-22)11-16-10-17(24)23(12-16)8-9-25-3/h13,16H,4-12H2,1-3H3. The SMILES string of the molecule is COCCN1CC(CN2CCN(c3ncnc(C)c3C)CC2)CC1=O. The van der Waals surface area contributed by atoms with Gasteiger partial charge >= 0.3 is 0 Å². The molecular formula is C18H29N5O2. The highest BCUT2D eigenvalue weighted by atomic mass is 16.5. The Balaban J connectivity index is 1.48. The normalized spacial score (nSPS) is 22.0. The third-order valence-electron chi connectivity index (χ3n) is 5.36. The molecule has 1 aromatic heterocycles. The van der Waals surface area contributed by atoms with Crippen molar-refractivity contribution in [1.29, 1.82) is 0 Å². The van der Waals surface area contributed by atoms with Gasteiger partial charge in [-0.15, -0.1) is 0 Å². The van der Waals surface area contributed by atoms with E-state index in [0.717, 1.165) is 50.8 Å². The summed E-state index contributed by atoms with van der Waals surface area (Å²) in [5, 5.41) is 0. The van der Waals surface area contributed by atoms with Crippen molar-refractivity contribution >= 4 is 11.7 Å². The van der Waals surface area contributed by atoms with Gasteiger partial charge in [0, 0.05) is 70.6 Å². The van der Waals surface area contributed by atoms with Crippen molar-refractivity contribution < 1.29 is 9.53 Å². The number of rotatable bonds is 6. The largest absolute Gasteiger partial charge is 0.383 e. The van der Waals surface area contributed by atoms with Gasteiger partial charge in [-0.3, -0.25) is 9.69 Å². The molecule has 1 atom stereocenters. The van der Waals surface area contributed by atoms with Crippen molar-refractivity contribution in [3.05, 3.63) is 17.6 Å². The maximum atomic E-state index is 12.1. The Labute approximate surface area is 150 Å². The van der Waals surface area contributed by atoms with Gasteiger partial charge in [-0.1, -0.05) is 0 Å². The Morgan fingerprint density at radius 3 is 2.68 bits per heavy atom. The molecule has 2 saturated heterocycles. The smallest absolute Gasteiger partial charge is 0.223 e. The van der Waals surface area contributed by atoms with Crippen LogP contribution in [0.5, 0.6) is 0 Å². The summed E-state index contributed by atoms with van der Waals surface area (Å²) in [6.45, 7) is 11.3. The molecule has 0 bridgehead atoms. The number of aromatic nitrogens is 2. The minimum Gasteiger partial charge on any atom is -0.383 e. The summed E-state index contributed by atoms with van der Waals surface area (Å²) < 4.78 is 5.09. The van der Waals surface area contributed by atoms with Crippen molar-refractivity contribution in [3.63, 3.8) is 0 Å². The monoisotopic (exact) mass is 347 g/mol. The number of amides is 1. The van der Waals surface area contributed by atoms with Gasteiger partial charge in [0.15, 0.2) is 0 Å². The molecule has 0 saturated carbocycles. The van der Waals surface area contributed by atoms with E-state index in [1.165, 1.54) is 5.56 Å². The average Bonchev–Trinajstić information content (AvgIpc) is 2.95. The zero-order chi connectivity index (χ0) is 17.8. The topological polar surface area (TPSA) is 61.8 Å². The molecule has 0 radical (unpaired) electrons. The predicted molar refractivity (Wildman–Crippen MR) is 96.7 cm³/mol. The van der Waals surface area contributed by atoms with E-state index in [2.05, 4.69) is 26.7 Å². The van der Waals surface area contributed by atoms with E-state index < -0.39 is 0 Å². The Kier molecular flexibility index (Phi) is 5.86. The number of methoxy groups -OCH3 is 1. The molecule has 2 aliphatic heterocycles. The molecule has 2 aliphatic rings. The molecule has 0 N–H and O–H groups in total. The molecule has 0 spiro atoms. The van der Waals surface area contributed by atoms with Crippen LogP contribution < -0.4 is 4.90 Å². The minimum absolute atomic E-state index is 0.271. The van der Waals surface area contributed by atoms with Crippen LogP contribution in [0.2, 0.25) is 0 Å². The van der Waals surface area contributed by atoms with Crippen LogP contribution in [0.4, 0.5) is 5.82 Å². The number of hydrogen-bond acceptors (Lipinski definition) is 6. The maximum Gasteiger partial charge on any atom is 0.223 e. The van der Waals surface area contributed by atoms with Crippen LogP contribution in [0, 0.1) is 19.8 Å². The molecule has 0 aliphatic carbocycles. The lowest BCUT2D eigenvalue weighted by Crippen LogP contribution is -2.48. The first-order chi connectivity index (χ1) is 12.1. The molecule has 7 heteroatoms. The van der Waals surface area contributed by atoms with Gasteiger partial charge in [-0.2, -0.15) is 0 Å². The van der Waals surface area contributed by atoms with E-state index in [1.807, 2.05) is 11.8 Å². The number of hydrogen-bond donors (Lipinski definition) is 0. The second-order valence-corrected chi connectivity index (χ2v) is 7.10. The van der Waals surface area contributed by atoms with Crippen LogP contribution >= 0.6 is 0 Å². The van der Waals surface area contributed by atoms with E-state index in [9.17, 15) is 4.79 Å². The summed E-state index contributed by atoms with van der Waals surface area (Å²) in [6.07, 6.45) is 2.33. The lowest BCUT2D eigenvalue weighted by molar-refractivity contribution is -0.128. The zero-order valence-corrected chi connectivity index (χ0v) is 15.6. The molecule has 1 amide bonds. The number of carbonyl (C=O) groups excluding carboxylic acids is 1. The fraction of sp³-hybridized carbons (Fsp3) is 0.722. The highest BCUT2D eigenvalue weighted by molar-refractivity contribution is 5.78. The van der Waals surface area contributed by atoms with Gasteiger partial charge in [0.25, 0.3) is 0 Å². The van der Waals surface area contributed by atoms with Crippen molar-refractivity contribution in [1.82, 2.24) is 19.8 Å². The average molecular weight is 347 g/mol. The number of nitrogens with zero attached hydrogens (tertiary/aromatic N) is 5. The van der Waals surface area contributed by atoms with E-state index in [-0.39, 0.29) is 5.91 Å². The third-order valence-corrected chi connectivity index (χ3v) is 5.36. The molecule has 0 aromatic carbocycles. The molecular weight excluding hydrogens is 318 g/mol. The highest BCUT2D eigenvalue weighted by Gasteiger charge is 2.31. The number of piperazine rings is 1. The Hall–Kier alpha value is -1.73. The molecule has 3 heterocycles. The molecule has 3 rings (SSSR count). The fourth-order valence-corrected chi connectivity index (χ4v) is 3.75. The van der Waals surface area contributed by atoms with Gasteiger partial charge < -0.3 is 14.5 Å². The Bertz CT molecular complexity index is 601. The highest BCUT2D eigenvalue weighted by Crippen LogP contribution is 2.22. The molecule has 1 unspecified atom stereocenters. The van der Waals surface area contributed by atoms with Crippen molar-refractivity contribution in [2.45, 2.75) is 20.3 Å². The van der Waals surface area contributed by atoms with Crippen molar-refractivity contribution in [2.75, 3.05) is 64.4 Å². The third kappa shape index (κ3) is 4.27. The minimum atomic E-state index is 0.271. The number of anilines is 1. The van der Waals surface area contributed by atoms with Crippen LogP contribution in [-0.2, 0) is 9.53 Å². The van der Waals surface area contributed by atoms with Crippen molar-refractivity contribution in [2.24, 2.45) is 5.92 Å². The Morgan fingerprint density at radius 1 is 1.20 bits per heavy atom. The summed E-state index contributed by atoms with van der Waals surface area (Å²) in [7, 11) is 1.68. The lowest BCUT2D eigenvalue weighted by atomic mass is 10.1. The van der Waals surface area contributed by atoms with Gasteiger partial charge in [-0.25, -0.2) is 9.97 Å². The summed E-state index contributed by atoms with van der Waals surface area (Å²) in [4.78, 5) is 27.6. The van der Waals surface area contributed by atoms with Gasteiger partial charge in [-0.05, 0) is 19.8 Å². The quantitative estimate of drug-likeness (QED) is 0.755. The predicted octanol–water partition coefficient (Wildman–Crippen LogP) is 0.710. The summed E-state index contributed by atoms with van der Waals surface area (Å²) in [6, 6.07) is 0. The van der Waals surface area contributed by atoms with Crippen LogP contribution in [-0.4, -0.2) is 85.2 Å². The number of likely N-dealkylation sites (tertiary alicyclic amines) is 1. The molecule has 1 aromatic rings. The molecule has 7 nitrogen and oxygen atoms in total. The van der Waals surface area contributed by atoms with E-state index in [1.54, 1.807) is 13.4 Å². The maximum absolute atomic E-state index is 12.1. The summed E-state index contributed by atoms with van der Waals surface area (Å²) in [5.41, 5.74) is 2.22. The zero-order valence-electron chi connectivity index (χ0n) is 15.6. The molecule has 138 valence electrons. The van der Waals surface area contributed by atoms with Crippen molar-refractivity contribution in [3.8, 4) is 0 Å². The second-order valence-electron chi connectivity index (χ2n) is 7.10. The van der Waals surface area contributed by atoms with Crippen LogP contribution in [0.3, 0.4) is 0 Å². The van der Waals surface area contributed by atoms with Gasteiger partial charge in [0.05, 0.1) is 6.61 Å². The number of ether oxygens (including phenoxy) is 1. The van der Waals surface area contributed by atoms with E-state index >= 15 is 0 Å². The van der Waals surface area contributed by atoms with E-state index in [4.69, 9.17) is 4.74 Å². The Morgan fingerprint density at radius 2 is 1.96 bits per heavy atom. The second kappa shape index (κ2) is 8.10. The first-order valence-corrected chi connectivity index (χ1v) is 9.10. The first-order valence-electron chi connectivity index (χ1n) is 9.10. The molecule has 25 heavy (non-hydrogen) atoms. The van der Waals surface area contributed by atoms with Gasteiger partial charge in [0.1, 0.15) is 12.1 Å². The molecule has 2 fully saturated rings. The van der Waals surface area contributed by atoms with Crippen LogP contribution in [0.15, 0.2) is 6.33 Å². The summed E-state index contributed by atoms with van der Waals surface area (Å²) in [5.74, 6) is 1.78. The van der Waals surface area contributed by atoms with Gasteiger partial charge in [0.2, 0.25) is 5.91 Å². The number of aryl methyl sites for hydroxylation is 1. The fourth-order valence-electron chi connectivity index (χ4n) is 3.75. The summed E-state index contributed by atoms with van der Waals surface area (Å²) >= 11 is 0. The van der Waals surface area contributed by atoms with Crippen LogP contribution in [0.25, 0.3) is 0 Å². The lowest BCUT2D eigenvalue weighted by Gasteiger charge is -2.37. The van der Waals surface area contributed by atoms with E-state index in [0.29, 0.717) is 25.5 Å². The van der Waals surface area contributed by atoms with Crippen LogP contribution in [0.1, 0.15) is 17.7 Å². The number of carbonyl (C=O) groups is 1.